The highest BCUT2D eigenvalue weighted by Gasteiger charge is 2.41. The fourth-order valence-electron chi connectivity index (χ4n) is 2.94. The molecule has 3 N–H and O–H groups in total. The largest absolute Gasteiger partial charge is 0.396 e. The van der Waals surface area contributed by atoms with Crippen LogP contribution in [0.3, 0.4) is 0 Å². The Bertz CT molecular complexity index is 341. The van der Waals surface area contributed by atoms with Gasteiger partial charge in [-0.15, -0.1) is 24.0 Å². The molecule has 0 aromatic heterocycles. The van der Waals surface area contributed by atoms with Gasteiger partial charge in [-0.1, -0.05) is 25.7 Å². The molecule has 23 heavy (non-hydrogen) atoms. The van der Waals surface area contributed by atoms with Crippen LogP contribution in [0.2, 0.25) is 0 Å². The normalized spacial score (nSPS) is 21.2. The fourth-order valence-corrected chi connectivity index (χ4v) is 2.94. The Morgan fingerprint density at radius 2 is 1.87 bits per heavy atom. The maximum Gasteiger partial charge on any atom is 0.191 e. The Morgan fingerprint density at radius 1 is 1.17 bits per heavy atom. The Morgan fingerprint density at radius 3 is 2.43 bits per heavy atom. The molecule has 0 unspecified atom stereocenters. The number of hydrogen-bond donors (Lipinski definition) is 3. The molecule has 0 atom stereocenters. The Kier molecular flexibility index (Phi) is 10.5. The van der Waals surface area contributed by atoms with Crippen molar-refractivity contribution in [2.75, 3.05) is 32.8 Å². The maximum atomic E-state index is 9.35. The molecule has 5 nitrogen and oxygen atoms in total. The molecule has 2 aliphatic rings. The standard InChI is InChI=1S/C17H33N3O2.HI/c1-2-18-16(20-13-17(14-21)9-10-17)19-11-12-22-15-7-5-3-4-6-8-15;/h15,21H,2-14H2,1H3,(H2,18,19,20);1H. The van der Waals surface area contributed by atoms with Crippen molar-refractivity contribution in [3.8, 4) is 0 Å². The Balaban J connectivity index is 0.00000264. The van der Waals surface area contributed by atoms with E-state index in [1.807, 2.05) is 0 Å². The summed E-state index contributed by atoms with van der Waals surface area (Å²) in [6, 6.07) is 0. The molecule has 2 fully saturated rings. The first-order valence-corrected chi connectivity index (χ1v) is 9.03. The highest BCUT2D eigenvalue weighted by atomic mass is 127. The summed E-state index contributed by atoms with van der Waals surface area (Å²) < 4.78 is 5.99. The van der Waals surface area contributed by atoms with Gasteiger partial charge < -0.3 is 20.5 Å². The van der Waals surface area contributed by atoms with Crippen molar-refractivity contribution >= 4 is 29.9 Å². The number of ether oxygens (including phenoxy) is 1. The van der Waals surface area contributed by atoms with Gasteiger partial charge in [0.15, 0.2) is 5.96 Å². The lowest BCUT2D eigenvalue weighted by atomic mass is 10.1. The summed E-state index contributed by atoms with van der Waals surface area (Å²) in [6.45, 7) is 5.40. The average molecular weight is 439 g/mol. The van der Waals surface area contributed by atoms with Crippen LogP contribution in [-0.2, 0) is 4.74 Å². The molecule has 2 rings (SSSR count). The van der Waals surface area contributed by atoms with Crippen molar-refractivity contribution in [1.29, 1.82) is 0 Å². The van der Waals surface area contributed by atoms with Crippen LogP contribution in [0.15, 0.2) is 4.99 Å². The van der Waals surface area contributed by atoms with Gasteiger partial charge in [0.25, 0.3) is 0 Å². The second-order valence-electron chi connectivity index (χ2n) is 6.76. The first kappa shape index (κ1) is 21.0. The second-order valence-corrected chi connectivity index (χ2v) is 6.76. The van der Waals surface area contributed by atoms with E-state index in [9.17, 15) is 5.11 Å². The van der Waals surface area contributed by atoms with Gasteiger partial charge in [-0.2, -0.15) is 0 Å². The number of aliphatic hydroxyl groups excluding tert-OH is 1. The third-order valence-electron chi connectivity index (χ3n) is 4.76. The van der Waals surface area contributed by atoms with E-state index >= 15 is 0 Å². The van der Waals surface area contributed by atoms with Crippen molar-refractivity contribution in [2.45, 2.75) is 64.4 Å². The zero-order chi connectivity index (χ0) is 15.7. The smallest absolute Gasteiger partial charge is 0.191 e. The monoisotopic (exact) mass is 439 g/mol. The zero-order valence-electron chi connectivity index (χ0n) is 14.5. The lowest BCUT2D eigenvalue weighted by Gasteiger charge is -2.17. The summed E-state index contributed by atoms with van der Waals surface area (Å²) in [4.78, 5) is 4.60. The van der Waals surface area contributed by atoms with E-state index < -0.39 is 0 Å². The topological polar surface area (TPSA) is 65.9 Å². The molecule has 0 heterocycles. The van der Waals surface area contributed by atoms with E-state index in [1.165, 1.54) is 38.5 Å². The molecule has 0 aliphatic heterocycles. The van der Waals surface area contributed by atoms with Crippen molar-refractivity contribution < 1.29 is 9.84 Å². The van der Waals surface area contributed by atoms with Gasteiger partial charge in [0.1, 0.15) is 0 Å². The minimum atomic E-state index is 0. The lowest BCUT2D eigenvalue weighted by Crippen LogP contribution is -2.39. The fraction of sp³-hybridized carbons (Fsp3) is 0.941. The highest BCUT2D eigenvalue weighted by molar-refractivity contribution is 14.0. The van der Waals surface area contributed by atoms with Crippen molar-refractivity contribution in [3.63, 3.8) is 0 Å². The minimum Gasteiger partial charge on any atom is -0.396 e. The molecule has 2 saturated carbocycles. The summed E-state index contributed by atoms with van der Waals surface area (Å²) in [5.41, 5.74) is 0.0686. The lowest BCUT2D eigenvalue weighted by molar-refractivity contribution is 0.0468. The van der Waals surface area contributed by atoms with E-state index in [1.54, 1.807) is 0 Å². The Labute approximate surface area is 158 Å². The number of halogens is 1. The molecule has 136 valence electrons. The highest BCUT2D eigenvalue weighted by Crippen LogP contribution is 2.45. The number of guanidine groups is 1. The number of rotatable bonds is 8. The van der Waals surface area contributed by atoms with Crippen LogP contribution in [0.5, 0.6) is 0 Å². The van der Waals surface area contributed by atoms with Gasteiger partial charge in [0.05, 0.1) is 25.9 Å². The van der Waals surface area contributed by atoms with Crippen LogP contribution < -0.4 is 10.6 Å². The number of aliphatic hydroxyl groups is 1. The first-order chi connectivity index (χ1) is 10.8. The first-order valence-electron chi connectivity index (χ1n) is 9.03. The van der Waals surface area contributed by atoms with Gasteiger partial charge in [0.2, 0.25) is 0 Å². The molecule has 0 radical (unpaired) electrons. The third-order valence-corrected chi connectivity index (χ3v) is 4.76. The third kappa shape index (κ3) is 8.03. The van der Waals surface area contributed by atoms with E-state index in [0.717, 1.165) is 38.5 Å². The summed E-state index contributed by atoms with van der Waals surface area (Å²) in [6.07, 6.45) is 10.4. The van der Waals surface area contributed by atoms with Crippen molar-refractivity contribution in [1.82, 2.24) is 10.6 Å². The average Bonchev–Trinajstić information content (AvgIpc) is 3.34. The van der Waals surface area contributed by atoms with Crippen LogP contribution in [-0.4, -0.2) is 50.0 Å². The molecule has 0 bridgehead atoms. The molecule has 0 aromatic carbocycles. The molecular formula is C17H34IN3O2. The van der Waals surface area contributed by atoms with Crippen LogP contribution in [0, 0.1) is 5.41 Å². The number of nitrogens with one attached hydrogen (secondary N) is 2. The molecule has 0 aromatic rings. The van der Waals surface area contributed by atoms with E-state index in [0.29, 0.717) is 12.6 Å². The van der Waals surface area contributed by atoms with Crippen LogP contribution in [0.25, 0.3) is 0 Å². The van der Waals surface area contributed by atoms with Gasteiger partial charge in [-0.25, -0.2) is 0 Å². The Hall–Kier alpha value is -0.0800. The van der Waals surface area contributed by atoms with Crippen LogP contribution >= 0.6 is 24.0 Å². The molecule has 0 amide bonds. The summed E-state index contributed by atoms with van der Waals surface area (Å²) >= 11 is 0. The van der Waals surface area contributed by atoms with Gasteiger partial charge >= 0.3 is 0 Å². The number of hydrogen-bond acceptors (Lipinski definition) is 3. The molecular weight excluding hydrogens is 405 g/mol. The minimum absolute atomic E-state index is 0. The molecule has 6 heteroatoms. The molecule has 0 spiro atoms. The van der Waals surface area contributed by atoms with Crippen LogP contribution in [0.1, 0.15) is 58.3 Å². The van der Waals surface area contributed by atoms with E-state index in [-0.39, 0.29) is 36.0 Å². The van der Waals surface area contributed by atoms with Gasteiger partial charge in [-0.05, 0) is 32.6 Å². The maximum absolute atomic E-state index is 9.35. The van der Waals surface area contributed by atoms with Crippen LogP contribution in [0.4, 0.5) is 0 Å². The molecule has 0 saturated heterocycles. The van der Waals surface area contributed by atoms with Gasteiger partial charge in [0, 0.05) is 18.5 Å². The van der Waals surface area contributed by atoms with E-state index in [4.69, 9.17) is 4.74 Å². The quantitative estimate of drug-likeness (QED) is 0.179. The summed E-state index contributed by atoms with van der Waals surface area (Å²) in [7, 11) is 0. The zero-order valence-corrected chi connectivity index (χ0v) is 16.8. The second kappa shape index (κ2) is 11.5. The van der Waals surface area contributed by atoms with Gasteiger partial charge in [-0.3, -0.25) is 4.99 Å². The van der Waals surface area contributed by atoms with Crippen molar-refractivity contribution in [3.05, 3.63) is 0 Å². The van der Waals surface area contributed by atoms with E-state index in [2.05, 4.69) is 22.5 Å². The number of nitrogens with zero attached hydrogens (tertiary/aromatic N) is 1. The molecule has 2 aliphatic carbocycles. The summed E-state index contributed by atoms with van der Waals surface area (Å²) in [5.74, 6) is 0.840. The predicted octanol–water partition coefficient (Wildman–Crippen LogP) is 2.67. The SMILES string of the molecule is CCNC(=NCC1(CO)CC1)NCCOC1CCCCCC1.I. The number of aliphatic imine (C=N–C) groups is 1. The van der Waals surface area contributed by atoms with Crippen molar-refractivity contribution in [2.24, 2.45) is 10.4 Å². The summed E-state index contributed by atoms with van der Waals surface area (Å²) in [5, 5.41) is 15.9. The predicted molar refractivity (Wildman–Crippen MR) is 106 cm³/mol.